The molecule has 0 spiro atoms. The van der Waals surface area contributed by atoms with Gasteiger partial charge in [-0.15, -0.1) is 0 Å². The predicted molar refractivity (Wildman–Crippen MR) is 110 cm³/mol. The molecule has 0 saturated carbocycles. The number of phenols is 1. The highest BCUT2D eigenvalue weighted by Gasteiger charge is 2.09. The van der Waals surface area contributed by atoms with Gasteiger partial charge in [-0.3, -0.25) is 4.79 Å². The standard InChI is InChI=1S/C23H22N2O3/c1-2-21(18-12-14-19(26)15-13-18)24-25-23(27)16-28-22-11-7-6-10-20(22)17-8-4-3-5-9-17/h3-15,26H,2,16H2,1H3,(H,25,27). The molecule has 0 fully saturated rings. The number of phenolic OH excluding ortho intramolecular Hbond substituents is 1. The summed E-state index contributed by atoms with van der Waals surface area (Å²) >= 11 is 0. The Bertz CT molecular complexity index is 951. The Morgan fingerprint density at radius 2 is 1.64 bits per heavy atom. The van der Waals surface area contributed by atoms with Gasteiger partial charge in [0.25, 0.3) is 5.91 Å². The van der Waals surface area contributed by atoms with Gasteiger partial charge in [0.05, 0.1) is 5.71 Å². The maximum absolute atomic E-state index is 12.2. The van der Waals surface area contributed by atoms with E-state index in [9.17, 15) is 9.90 Å². The average molecular weight is 374 g/mol. The van der Waals surface area contributed by atoms with Gasteiger partial charge in [-0.1, -0.05) is 55.5 Å². The number of rotatable bonds is 7. The molecule has 5 nitrogen and oxygen atoms in total. The van der Waals surface area contributed by atoms with Gasteiger partial charge >= 0.3 is 0 Å². The third-order valence-electron chi connectivity index (χ3n) is 4.18. The van der Waals surface area contributed by atoms with E-state index < -0.39 is 0 Å². The van der Waals surface area contributed by atoms with Crippen molar-refractivity contribution < 1.29 is 14.6 Å². The molecule has 0 aliphatic rings. The van der Waals surface area contributed by atoms with Crippen LogP contribution >= 0.6 is 0 Å². The summed E-state index contributed by atoms with van der Waals surface area (Å²) in [5, 5.41) is 13.6. The van der Waals surface area contributed by atoms with E-state index in [1.54, 1.807) is 24.3 Å². The fraction of sp³-hybridized carbons (Fsp3) is 0.130. The van der Waals surface area contributed by atoms with Crippen molar-refractivity contribution in [3.8, 4) is 22.6 Å². The second kappa shape index (κ2) is 9.37. The van der Waals surface area contributed by atoms with Gasteiger partial charge in [-0.25, -0.2) is 5.43 Å². The molecule has 2 N–H and O–H groups in total. The van der Waals surface area contributed by atoms with Gasteiger partial charge < -0.3 is 9.84 Å². The van der Waals surface area contributed by atoms with Gasteiger partial charge in [0, 0.05) is 5.56 Å². The summed E-state index contributed by atoms with van der Waals surface area (Å²) in [5.74, 6) is 0.489. The first-order valence-corrected chi connectivity index (χ1v) is 9.09. The van der Waals surface area contributed by atoms with Gasteiger partial charge in [0.2, 0.25) is 0 Å². The summed E-state index contributed by atoms with van der Waals surface area (Å²) in [5.41, 5.74) is 6.06. The molecular formula is C23H22N2O3. The fourth-order valence-corrected chi connectivity index (χ4v) is 2.76. The number of ether oxygens (including phenoxy) is 1. The number of carbonyl (C=O) groups is 1. The lowest BCUT2D eigenvalue weighted by Gasteiger charge is -2.11. The van der Waals surface area contributed by atoms with Crippen molar-refractivity contribution in [3.63, 3.8) is 0 Å². The third kappa shape index (κ3) is 4.98. The summed E-state index contributed by atoms with van der Waals surface area (Å²) in [6.45, 7) is 1.81. The predicted octanol–water partition coefficient (Wildman–Crippen LogP) is 4.37. The van der Waals surface area contributed by atoms with Crippen molar-refractivity contribution >= 4 is 11.6 Å². The largest absolute Gasteiger partial charge is 0.508 e. The van der Waals surface area contributed by atoms with E-state index in [0.717, 1.165) is 22.4 Å². The van der Waals surface area contributed by atoms with Gasteiger partial charge in [0.15, 0.2) is 6.61 Å². The van der Waals surface area contributed by atoms with Crippen LogP contribution < -0.4 is 10.2 Å². The first-order chi connectivity index (χ1) is 13.7. The molecular weight excluding hydrogens is 352 g/mol. The Hall–Kier alpha value is -3.60. The second-order valence-corrected chi connectivity index (χ2v) is 6.14. The minimum Gasteiger partial charge on any atom is -0.508 e. The van der Waals surface area contributed by atoms with E-state index in [2.05, 4.69) is 10.5 Å². The molecule has 0 saturated heterocycles. The van der Waals surface area contributed by atoms with Crippen molar-refractivity contribution in [1.82, 2.24) is 5.43 Å². The SMILES string of the molecule is CCC(=NNC(=O)COc1ccccc1-c1ccccc1)c1ccc(O)cc1. The third-order valence-corrected chi connectivity index (χ3v) is 4.18. The number of hydrogen-bond acceptors (Lipinski definition) is 4. The Morgan fingerprint density at radius 3 is 2.36 bits per heavy atom. The van der Waals surface area contributed by atoms with Crippen LogP contribution in [0.25, 0.3) is 11.1 Å². The maximum atomic E-state index is 12.2. The summed E-state index contributed by atoms with van der Waals surface area (Å²) in [4.78, 5) is 12.2. The van der Waals surface area contributed by atoms with E-state index >= 15 is 0 Å². The zero-order valence-electron chi connectivity index (χ0n) is 15.6. The van der Waals surface area contributed by atoms with Crippen molar-refractivity contribution in [2.24, 2.45) is 5.10 Å². The van der Waals surface area contributed by atoms with Crippen LogP contribution in [0.3, 0.4) is 0 Å². The monoisotopic (exact) mass is 374 g/mol. The Labute approximate surface area is 164 Å². The number of nitrogens with one attached hydrogen (secondary N) is 1. The normalized spacial score (nSPS) is 11.1. The number of para-hydroxylation sites is 1. The number of hydrazone groups is 1. The van der Waals surface area contributed by atoms with Crippen LogP contribution in [0, 0.1) is 0 Å². The van der Waals surface area contributed by atoms with Crippen molar-refractivity contribution in [2.75, 3.05) is 6.61 Å². The highest BCUT2D eigenvalue weighted by atomic mass is 16.5. The minimum absolute atomic E-state index is 0.139. The number of benzene rings is 3. The molecule has 3 aromatic carbocycles. The van der Waals surface area contributed by atoms with E-state index in [1.165, 1.54) is 0 Å². The first-order valence-electron chi connectivity index (χ1n) is 9.09. The Balaban J connectivity index is 1.64. The quantitative estimate of drug-likeness (QED) is 0.477. The molecule has 0 aliphatic carbocycles. The number of amides is 1. The molecule has 0 heterocycles. The van der Waals surface area contributed by atoms with Gasteiger partial charge in [-0.2, -0.15) is 5.10 Å². The Morgan fingerprint density at radius 1 is 0.964 bits per heavy atom. The maximum Gasteiger partial charge on any atom is 0.277 e. The highest BCUT2D eigenvalue weighted by molar-refractivity contribution is 6.01. The lowest BCUT2D eigenvalue weighted by atomic mass is 10.1. The number of hydrogen-bond donors (Lipinski definition) is 2. The molecule has 1 amide bonds. The number of nitrogens with zero attached hydrogens (tertiary/aromatic N) is 1. The van der Waals surface area contributed by atoms with E-state index in [-0.39, 0.29) is 18.3 Å². The van der Waals surface area contributed by atoms with Crippen molar-refractivity contribution in [1.29, 1.82) is 0 Å². The molecule has 0 unspecified atom stereocenters. The lowest BCUT2D eigenvalue weighted by Crippen LogP contribution is -2.26. The highest BCUT2D eigenvalue weighted by Crippen LogP contribution is 2.29. The fourth-order valence-electron chi connectivity index (χ4n) is 2.76. The number of carbonyl (C=O) groups excluding carboxylic acids is 1. The molecule has 5 heteroatoms. The molecule has 3 aromatic rings. The van der Waals surface area contributed by atoms with Crippen LogP contribution in [0.1, 0.15) is 18.9 Å². The smallest absolute Gasteiger partial charge is 0.277 e. The number of aromatic hydroxyl groups is 1. The second-order valence-electron chi connectivity index (χ2n) is 6.14. The van der Waals surface area contributed by atoms with Crippen molar-refractivity contribution in [2.45, 2.75) is 13.3 Å². The van der Waals surface area contributed by atoms with Crippen LogP contribution in [-0.2, 0) is 4.79 Å². The van der Waals surface area contributed by atoms with Crippen LogP contribution in [0.5, 0.6) is 11.5 Å². The van der Waals surface area contributed by atoms with E-state index in [4.69, 9.17) is 4.74 Å². The molecule has 0 aromatic heterocycles. The molecule has 0 aliphatic heterocycles. The summed E-state index contributed by atoms with van der Waals surface area (Å²) < 4.78 is 5.73. The molecule has 142 valence electrons. The minimum atomic E-state index is -0.340. The van der Waals surface area contributed by atoms with Crippen LogP contribution in [0.15, 0.2) is 84.0 Å². The van der Waals surface area contributed by atoms with Crippen LogP contribution in [0.4, 0.5) is 0 Å². The van der Waals surface area contributed by atoms with Gasteiger partial charge in [0.1, 0.15) is 11.5 Å². The van der Waals surface area contributed by atoms with Crippen molar-refractivity contribution in [3.05, 3.63) is 84.4 Å². The lowest BCUT2D eigenvalue weighted by molar-refractivity contribution is -0.123. The average Bonchev–Trinajstić information content (AvgIpc) is 2.74. The zero-order chi connectivity index (χ0) is 19.8. The summed E-state index contributed by atoms with van der Waals surface area (Å²) in [6, 6.07) is 24.2. The van der Waals surface area contributed by atoms with Gasteiger partial charge in [-0.05, 0) is 47.9 Å². The molecule has 0 atom stereocenters. The topological polar surface area (TPSA) is 70.9 Å². The molecule has 0 bridgehead atoms. The first kappa shape index (κ1) is 19.2. The summed E-state index contributed by atoms with van der Waals surface area (Å²) in [6.07, 6.45) is 0.642. The van der Waals surface area contributed by atoms with E-state index in [1.807, 2.05) is 61.5 Å². The van der Waals surface area contributed by atoms with E-state index in [0.29, 0.717) is 12.2 Å². The molecule has 3 rings (SSSR count). The molecule has 28 heavy (non-hydrogen) atoms. The zero-order valence-corrected chi connectivity index (χ0v) is 15.6. The Kier molecular flexibility index (Phi) is 6.41. The summed E-state index contributed by atoms with van der Waals surface area (Å²) in [7, 11) is 0. The van der Waals surface area contributed by atoms with Crippen LogP contribution in [-0.4, -0.2) is 23.3 Å². The van der Waals surface area contributed by atoms with Crippen LogP contribution in [0.2, 0.25) is 0 Å². The molecule has 0 radical (unpaired) electrons.